The third kappa shape index (κ3) is 6.93. The lowest BCUT2D eigenvalue weighted by atomic mass is 10.1. The Hall–Kier alpha value is -3.30. The first-order valence-corrected chi connectivity index (χ1v) is 13.2. The number of hydrogen-bond acceptors (Lipinski definition) is 5. The van der Waals surface area contributed by atoms with Crippen LogP contribution in [0, 0.1) is 13.8 Å². The predicted molar refractivity (Wildman–Crippen MR) is 140 cm³/mol. The summed E-state index contributed by atoms with van der Waals surface area (Å²) in [6.07, 6.45) is -3.76. The lowest BCUT2D eigenvalue weighted by Crippen LogP contribution is -2.10. The molecule has 1 N–H and O–H groups in total. The van der Waals surface area contributed by atoms with E-state index in [-0.39, 0.29) is 0 Å². The summed E-state index contributed by atoms with van der Waals surface area (Å²) in [7, 11) is 0. The maximum absolute atomic E-state index is 13.0. The van der Waals surface area contributed by atoms with Gasteiger partial charge in [0.2, 0.25) is 0 Å². The summed E-state index contributed by atoms with van der Waals surface area (Å²) < 4.78 is 44.4. The molecule has 0 atom stereocenters. The molecule has 0 radical (unpaired) electrons. The van der Waals surface area contributed by atoms with E-state index in [4.69, 9.17) is 14.8 Å². The second kappa shape index (κ2) is 11.4. The zero-order valence-electron chi connectivity index (χ0n) is 20.1. The number of thioether (sulfide) groups is 1. The van der Waals surface area contributed by atoms with Crippen molar-refractivity contribution in [3.8, 4) is 16.3 Å². The van der Waals surface area contributed by atoms with Crippen LogP contribution < -0.4 is 4.74 Å². The highest BCUT2D eigenvalue weighted by Crippen LogP contribution is 2.37. The van der Waals surface area contributed by atoms with Crippen molar-refractivity contribution in [1.29, 1.82) is 0 Å². The van der Waals surface area contributed by atoms with Gasteiger partial charge in [-0.15, -0.1) is 23.1 Å². The fraction of sp³-hybridized carbons (Fsp3) is 0.214. The molecule has 37 heavy (non-hydrogen) atoms. The second-order valence-corrected chi connectivity index (χ2v) is 10.6. The van der Waals surface area contributed by atoms with E-state index in [2.05, 4.69) is 0 Å². The Balaban J connectivity index is 1.59. The molecule has 4 nitrogen and oxygen atoms in total. The van der Waals surface area contributed by atoms with Gasteiger partial charge in [0.15, 0.2) is 6.61 Å². The first kappa shape index (κ1) is 26.8. The van der Waals surface area contributed by atoms with Gasteiger partial charge < -0.3 is 9.84 Å². The number of halogens is 3. The molecule has 4 rings (SSSR count). The van der Waals surface area contributed by atoms with Gasteiger partial charge in [0.1, 0.15) is 10.8 Å². The highest BCUT2D eigenvalue weighted by molar-refractivity contribution is 7.98. The fourth-order valence-corrected chi connectivity index (χ4v) is 6.00. The maximum Gasteiger partial charge on any atom is 0.416 e. The van der Waals surface area contributed by atoms with Crippen LogP contribution in [0.5, 0.6) is 5.75 Å². The van der Waals surface area contributed by atoms with Crippen LogP contribution in [0.2, 0.25) is 0 Å². The summed E-state index contributed by atoms with van der Waals surface area (Å²) in [6, 6.07) is 18.9. The monoisotopic (exact) mass is 543 g/mol. The third-order valence-corrected chi connectivity index (χ3v) is 8.15. The molecule has 0 aliphatic heterocycles. The van der Waals surface area contributed by atoms with E-state index in [1.54, 1.807) is 11.8 Å². The van der Waals surface area contributed by atoms with Crippen LogP contribution >= 0.6 is 23.1 Å². The number of carboxylic acids is 1. The number of benzene rings is 3. The third-order valence-electron chi connectivity index (χ3n) is 5.63. The van der Waals surface area contributed by atoms with Crippen LogP contribution in [-0.2, 0) is 23.1 Å². The van der Waals surface area contributed by atoms with Crippen molar-refractivity contribution < 1.29 is 27.8 Å². The molecule has 0 bridgehead atoms. The van der Waals surface area contributed by atoms with E-state index in [0.717, 1.165) is 44.3 Å². The van der Waals surface area contributed by atoms with Crippen LogP contribution in [0.25, 0.3) is 10.6 Å². The van der Waals surface area contributed by atoms with Crippen LogP contribution in [0.15, 0.2) is 71.6 Å². The zero-order valence-corrected chi connectivity index (χ0v) is 21.8. The minimum absolute atomic E-state index is 0.400. The maximum atomic E-state index is 13.0. The number of ether oxygens (including phenoxy) is 1. The molecule has 0 unspecified atom stereocenters. The van der Waals surface area contributed by atoms with Gasteiger partial charge in [-0.1, -0.05) is 42.5 Å². The van der Waals surface area contributed by atoms with Gasteiger partial charge >= 0.3 is 12.1 Å². The van der Waals surface area contributed by atoms with Crippen LogP contribution in [-0.4, -0.2) is 22.7 Å². The topological polar surface area (TPSA) is 59.4 Å². The molecule has 4 aromatic rings. The Morgan fingerprint density at radius 2 is 1.73 bits per heavy atom. The molecule has 1 heterocycles. The molecular formula is C28H24F3NO3S2. The highest BCUT2D eigenvalue weighted by Gasteiger charge is 2.30. The van der Waals surface area contributed by atoms with E-state index >= 15 is 0 Å². The van der Waals surface area contributed by atoms with Gasteiger partial charge in [0.05, 0.1) is 11.3 Å². The molecule has 192 valence electrons. The second-order valence-electron chi connectivity index (χ2n) is 8.48. The average molecular weight is 544 g/mol. The lowest BCUT2D eigenvalue weighted by molar-refractivity contribution is -0.139. The van der Waals surface area contributed by atoms with Crippen molar-refractivity contribution in [3.05, 3.63) is 99.6 Å². The van der Waals surface area contributed by atoms with Gasteiger partial charge in [-0.2, -0.15) is 13.2 Å². The van der Waals surface area contributed by atoms with E-state index in [9.17, 15) is 18.0 Å². The largest absolute Gasteiger partial charge is 0.482 e. The lowest BCUT2D eigenvalue weighted by Gasteiger charge is -2.12. The molecule has 1 aromatic heterocycles. The molecule has 0 amide bonds. The Bertz CT molecular complexity index is 1380. The molecule has 0 fully saturated rings. The SMILES string of the molecule is Cc1cc(SCc2sc(-c3ccc(C(F)(F)F)cc3)nc2Cc2ccccc2)c(C)cc1OCC(=O)O. The van der Waals surface area contributed by atoms with Crippen molar-refractivity contribution in [2.75, 3.05) is 6.61 Å². The molecule has 9 heteroatoms. The molecule has 0 aliphatic carbocycles. The molecule has 0 spiro atoms. The summed E-state index contributed by atoms with van der Waals surface area (Å²) in [5, 5.41) is 9.56. The van der Waals surface area contributed by atoms with E-state index in [1.165, 1.54) is 23.5 Å². The number of rotatable bonds is 9. The average Bonchev–Trinajstić information content (AvgIpc) is 3.26. The van der Waals surface area contributed by atoms with Gasteiger partial charge in [0.25, 0.3) is 0 Å². The number of thiazole rings is 1. The predicted octanol–water partition coefficient (Wildman–Crippen LogP) is 7.79. The van der Waals surface area contributed by atoms with Crippen molar-refractivity contribution in [1.82, 2.24) is 4.98 Å². The van der Waals surface area contributed by atoms with Gasteiger partial charge in [-0.05, 0) is 54.8 Å². The molecule has 0 aliphatic rings. The number of carbonyl (C=O) groups is 1. The number of alkyl halides is 3. The fourth-order valence-electron chi connectivity index (χ4n) is 3.71. The Morgan fingerprint density at radius 3 is 2.38 bits per heavy atom. The van der Waals surface area contributed by atoms with E-state index in [0.29, 0.717) is 28.5 Å². The first-order chi connectivity index (χ1) is 17.6. The molecule has 0 saturated heterocycles. The van der Waals surface area contributed by atoms with Crippen molar-refractivity contribution in [2.24, 2.45) is 0 Å². The van der Waals surface area contributed by atoms with Crippen molar-refractivity contribution in [2.45, 2.75) is 37.1 Å². The van der Waals surface area contributed by atoms with Crippen molar-refractivity contribution in [3.63, 3.8) is 0 Å². The zero-order chi connectivity index (χ0) is 26.6. The first-order valence-electron chi connectivity index (χ1n) is 11.4. The number of hydrogen-bond donors (Lipinski definition) is 1. The van der Waals surface area contributed by atoms with Gasteiger partial charge in [-0.25, -0.2) is 9.78 Å². The van der Waals surface area contributed by atoms with Gasteiger partial charge in [0, 0.05) is 27.5 Å². The van der Waals surface area contributed by atoms with Crippen LogP contribution in [0.3, 0.4) is 0 Å². The van der Waals surface area contributed by atoms with Crippen molar-refractivity contribution >= 4 is 29.1 Å². The molecular weight excluding hydrogens is 519 g/mol. The minimum Gasteiger partial charge on any atom is -0.482 e. The number of nitrogens with zero attached hydrogens (tertiary/aromatic N) is 1. The summed E-state index contributed by atoms with van der Waals surface area (Å²) in [5.41, 5.74) is 3.77. The number of aryl methyl sites for hydroxylation is 2. The van der Waals surface area contributed by atoms with Crippen LogP contribution in [0.4, 0.5) is 13.2 Å². The highest BCUT2D eigenvalue weighted by atomic mass is 32.2. The summed E-state index contributed by atoms with van der Waals surface area (Å²) in [5.74, 6) is 0.141. The quantitative estimate of drug-likeness (QED) is 0.218. The minimum atomic E-state index is -4.38. The summed E-state index contributed by atoms with van der Waals surface area (Å²) in [6.45, 7) is 3.42. The normalized spacial score (nSPS) is 11.5. The standard InChI is InChI=1S/C28H24F3NO3S2/c1-17-13-24(18(2)12-23(17)35-15-26(33)34)36-16-25-22(14-19-6-4-3-5-7-19)32-27(37-25)20-8-10-21(11-9-20)28(29,30)31/h3-13H,14-16H2,1-2H3,(H,33,34). The Kier molecular flexibility index (Phi) is 8.24. The van der Waals surface area contributed by atoms with E-state index < -0.39 is 24.3 Å². The number of aromatic nitrogens is 1. The number of aliphatic carboxylic acids is 1. The molecule has 3 aromatic carbocycles. The van der Waals surface area contributed by atoms with Gasteiger partial charge in [-0.3, -0.25) is 0 Å². The number of carboxylic acid groups (broad SMARTS) is 1. The smallest absolute Gasteiger partial charge is 0.416 e. The van der Waals surface area contributed by atoms with Crippen LogP contribution in [0.1, 0.15) is 32.8 Å². The summed E-state index contributed by atoms with van der Waals surface area (Å²) in [4.78, 5) is 17.7. The summed E-state index contributed by atoms with van der Waals surface area (Å²) >= 11 is 3.12. The Morgan fingerprint density at radius 1 is 1.03 bits per heavy atom. The Labute approximate surface area is 221 Å². The van der Waals surface area contributed by atoms with E-state index in [1.807, 2.05) is 56.3 Å². The molecule has 0 saturated carbocycles.